The fourth-order valence-corrected chi connectivity index (χ4v) is 1.82. The van der Waals surface area contributed by atoms with Gasteiger partial charge >= 0.3 is 0 Å². The molecular formula is C16H19N3O2. The zero-order valence-electron chi connectivity index (χ0n) is 12.3. The minimum absolute atomic E-state index is 0.135. The van der Waals surface area contributed by atoms with E-state index in [2.05, 4.69) is 35.8 Å². The third-order valence-corrected chi connectivity index (χ3v) is 2.77. The van der Waals surface area contributed by atoms with Crippen LogP contribution in [0, 0.1) is 17.8 Å². The predicted octanol–water partition coefficient (Wildman–Crippen LogP) is 1.86. The fourth-order valence-electron chi connectivity index (χ4n) is 1.82. The molecule has 0 aliphatic heterocycles. The van der Waals surface area contributed by atoms with Crippen LogP contribution in [0.4, 0.5) is 0 Å². The molecule has 0 spiro atoms. The Balaban J connectivity index is 1.95. The molecule has 0 atom stereocenters. The summed E-state index contributed by atoms with van der Waals surface area (Å²) < 4.78 is 7.58. The second-order valence-electron chi connectivity index (χ2n) is 5.03. The Morgan fingerprint density at radius 3 is 2.71 bits per heavy atom. The molecule has 0 bridgehead atoms. The van der Waals surface area contributed by atoms with E-state index in [4.69, 9.17) is 9.84 Å². The van der Waals surface area contributed by atoms with Crippen molar-refractivity contribution in [3.8, 4) is 17.6 Å². The summed E-state index contributed by atoms with van der Waals surface area (Å²) >= 11 is 0. The zero-order valence-corrected chi connectivity index (χ0v) is 12.3. The van der Waals surface area contributed by atoms with Gasteiger partial charge in [0.05, 0.1) is 0 Å². The van der Waals surface area contributed by atoms with Crippen molar-refractivity contribution >= 4 is 0 Å². The number of aliphatic hydroxyl groups excluding tert-OH is 1. The Morgan fingerprint density at radius 2 is 2.05 bits per heavy atom. The molecule has 2 rings (SSSR count). The Bertz CT molecular complexity index is 621. The van der Waals surface area contributed by atoms with Crippen LogP contribution in [0.5, 0.6) is 5.75 Å². The van der Waals surface area contributed by atoms with Crippen LogP contribution >= 0.6 is 0 Å². The van der Waals surface area contributed by atoms with Crippen molar-refractivity contribution in [3.05, 3.63) is 42.0 Å². The van der Waals surface area contributed by atoms with Gasteiger partial charge in [-0.25, -0.2) is 9.67 Å². The molecule has 0 amide bonds. The topological polar surface area (TPSA) is 60.2 Å². The fraction of sp³-hybridized carbons (Fsp3) is 0.375. The van der Waals surface area contributed by atoms with Gasteiger partial charge in [-0.15, -0.1) is 0 Å². The number of rotatable bonds is 5. The number of hydrogen-bond acceptors (Lipinski definition) is 4. The molecule has 0 saturated carbocycles. The summed E-state index contributed by atoms with van der Waals surface area (Å²) in [6.07, 6.45) is 1.55. The van der Waals surface area contributed by atoms with Gasteiger partial charge in [0.25, 0.3) is 0 Å². The highest BCUT2D eigenvalue weighted by atomic mass is 16.5. The van der Waals surface area contributed by atoms with Crippen molar-refractivity contribution in [2.24, 2.45) is 5.92 Å². The molecule has 0 saturated heterocycles. The highest BCUT2D eigenvalue weighted by Gasteiger charge is 2.06. The SMILES string of the molecule is CC(C)Cn1ncnc1COc1ccc(C#CCO)cc1. The van der Waals surface area contributed by atoms with E-state index in [1.807, 2.05) is 28.9 Å². The molecule has 5 heteroatoms. The van der Waals surface area contributed by atoms with Gasteiger partial charge in [0.2, 0.25) is 0 Å². The Labute approximate surface area is 124 Å². The molecule has 1 N–H and O–H groups in total. The van der Waals surface area contributed by atoms with Crippen LogP contribution in [0.25, 0.3) is 0 Å². The zero-order chi connectivity index (χ0) is 15.1. The van der Waals surface area contributed by atoms with E-state index in [-0.39, 0.29) is 6.61 Å². The number of aromatic nitrogens is 3. The Hall–Kier alpha value is -2.32. The number of aliphatic hydroxyl groups is 1. The molecular weight excluding hydrogens is 266 g/mol. The van der Waals surface area contributed by atoms with E-state index in [1.165, 1.54) is 0 Å². The maximum atomic E-state index is 8.65. The first-order valence-corrected chi connectivity index (χ1v) is 6.88. The molecule has 0 aliphatic carbocycles. The number of ether oxygens (including phenoxy) is 1. The van der Waals surface area contributed by atoms with Crippen LogP contribution in [-0.4, -0.2) is 26.5 Å². The van der Waals surface area contributed by atoms with Crippen LogP contribution in [0.15, 0.2) is 30.6 Å². The van der Waals surface area contributed by atoms with Gasteiger partial charge in [-0.3, -0.25) is 0 Å². The molecule has 1 heterocycles. The van der Waals surface area contributed by atoms with Crippen molar-refractivity contribution < 1.29 is 9.84 Å². The summed E-state index contributed by atoms with van der Waals surface area (Å²) in [6.45, 7) is 5.35. The summed E-state index contributed by atoms with van der Waals surface area (Å²) in [7, 11) is 0. The van der Waals surface area contributed by atoms with E-state index in [0.717, 1.165) is 23.7 Å². The van der Waals surface area contributed by atoms with Crippen LogP contribution in [0.2, 0.25) is 0 Å². The first-order chi connectivity index (χ1) is 10.2. The maximum absolute atomic E-state index is 8.65. The second kappa shape index (κ2) is 7.46. The van der Waals surface area contributed by atoms with Crippen molar-refractivity contribution in [1.82, 2.24) is 14.8 Å². The highest BCUT2D eigenvalue weighted by Crippen LogP contribution is 2.13. The van der Waals surface area contributed by atoms with Gasteiger partial charge in [0.15, 0.2) is 5.82 Å². The molecule has 5 nitrogen and oxygen atoms in total. The summed E-state index contributed by atoms with van der Waals surface area (Å²) in [4.78, 5) is 4.22. The third-order valence-electron chi connectivity index (χ3n) is 2.77. The monoisotopic (exact) mass is 285 g/mol. The van der Waals surface area contributed by atoms with E-state index in [0.29, 0.717) is 12.5 Å². The van der Waals surface area contributed by atoms with Crippen molar-refractivity contribution in [1.29, 1.82) is 0 Å². The largest absolute Gasteiger partial charge is 0.486 e. The molecule has 0 unspecified atom stereocenters. The highest BCUT2D eigenvalue weighted by molar-refractivity contribution is 5.38. The molecule has 0 aliphatic rings. The maximum Gasteiger partial charge on any atom is 0.164 e. The lowest BCUT2D eigenvalue weighted by Crippen LogP contribution is -2.12. The summed E-state index contributed by atoms with van der Waals surface area (Å²) in [6, 6.07) is 7.42. The smallest absolute Gasteiger partial charge is 0.164 e. The second-order valence-corrected chi connectivity index (χ2v) is 5.03. The number of nitrogens with zero attached hydrogens (tertiary/aromatic N) is 3. The minimum atomic E-state index is -0.135. The van der Waals surface area contributed by atoms with Crippen LogP contribution in [-0.2, 0) is 13.2 Å². The van der Waals surface area contributed by atoms with Crippen molar-refractivity contribution in [2.75, 3.05) is 6.61 Å². The van der Waals surface area contributed by atoms with E-state index < -0.39 is 0 Å². The molecule has 1 aromatic carbocycles. The molecule has 0 fully saturated rings. The predicted molar refractivity (Wildman–Crippen MR) is 79.6 cm³/mol. The lowest BCUT2D eigenvalue weighted by Gasteiger charge is -2.09. The summed E-state index contributed by atoms with van der Waals surface area (Å²) in [5.41, 5.74) is 0.847. The van der Waals surface area contributed by atoms with E-state index in [1.54, 1.807) is 6.33 Å². The summed E-state index contributed by atoms with van der Waals surface area (Å²) in [5.74, 6) is 7.52. The van der Waals surface area contributed by atoms with Gasteiger partial charge in [-0.05, 0) is 30.2 Å². The molecule has 110 valence electrons. The van der Waals surface area contributed by atoms with Gasteiger partial charge < -0.3 is 9.84 Å². The molecule has 2 aromatic rings. The normalized spacial score (nSPS) is 10.3. The number of benzene rings is 1. The quantitative estimate of drug-likeness (QED) is 0.852. The summed E-state index contributed by atoms with van der Waals surface area (Å²) in [5, 5.41) is 12.8. The minimum Gasteiger partial charge on any atom is -0.486 e. The van der Waals surface area contributed by atoms with E-state index >= 15 is 0 Å². The van der Waals surface area contributed by atoms with Crippen LogP contribution < -0.4 is 4.74 Å². The molecule has 1 aromatic heterocycles. The average Bonchev–Trinajstić information content (AvgIpc) is 2.90. The Morgan fingerprint density at radius 1 is 1.29 bits per heavy atom. The molecule has 0 radical (unpaired) electrons. The van der Waals surface area contributed by atoms with Gasteiger partial charge in [-0.2, -0.15) is 5.10 Å². The first-order valence-electron chi connectivity index (χ1n) is 6.88. The lowest BCUT2D eigenvalue weighted by atomic mass is 10.2. The third kappa shape index (κ3) is 4.62. The standard InChI is InChI=1S/C16H19N3O2/c1-13(2)10-19-16(17-12-18-19)11-21-15-7-5-14(6-8-15)4-3-9-20/h5-8,12-13,20H,9-11H2,1-2H3. The lowest BCUT2D eigenvalue weighted by molar-refractivity contribution is 0.282. The van der Waals surface area contributed by atoms with Gasteiger partial charge in [0.1, 0.15) is 25.3 Å². The van der Waals surface area contributed by atoms with E-state index in [9.17, 15) is 0 Å². The number of hydrogen-bond donors (Lipinski definition) is 1. The van der Waals surface area contributed by atoms with Gasteiger partial charge in [-0.1, -0.05) is 25.7 Å². The Kier molecular flexibility index (Phi) is 5.35. The van der Waals surface area contributed by atoms with Gasteiger partial charge in [0, 0.05) is 12.1 Å². The van der Waals surface area contributed by atoms with Crippen LogP contribution in [0.3, 0.4) is 0 Å². The average molecular weight is 285 g/mol. The van der Waals surface area contributed by atoms with Crippen molar-refractivity contribution in [3.63, 3.8) is 0 Å². The molecule has 21 heavy (non-hydrogen) atoms. The van der Waals surface area contributed by atoms with Crippen molar-refractivity contribution in [2.45, 2.75) is 27.0 Å². The van der Waals surface area contributed by atoms with Crippen LogP contribution in [0.1, 0.15) is 25.2 Å². The first kappa shape index (κ1) is 15.1.